The minimum atomic E-state index is 0.669. The molecule has 0 spiro atoms. The van der Waals surface area contributed by atoms with Crippen LogP contribution in [0.25, 0.3) is 22.5 Å². The van der Waals surface area contributed by atoms with Gasteiger partial charge in [0.15, 0.2) is 0 Å². The number of benzene rings is 1. The molecular weight excluding hydrogens is 346 g/mol. The Morgan fingerprint density at radius 1 is 1.12 bits per heavy atom. The molecule has 1 aromatic carbocycles. The van der Waals surface area contributed by atoms with E-state index in [9.17, 15) is 0 Å². The maximum absolute atomic E-state index is 6.05. The summed E-state index contributed by atoms with van der Waals surface area (Å²) in [7, 11) is 2.19. The summed E-state index contributed by atoms with van der Waals surface area (Å²) in [4.78, 5) is 10.9. The maximum atomic E-state index is 6.05. The Kier molecular flexibility index (Phi) is 5.00. The van der Waals surface area contributed by atoms with Crippen LogP contribution in [0.3, 0.4) is 0 Å². The minimum absolute atomic E-state index is 0.669. The molecule has 1 fully saturated rings. The molecule has 0 atom stereocenters. The molecule has 0 amide bonds. The standard InChI is InChI=1S/C20H22ClN5/c1-25-10-7-15(8-11-25)12-26-13-18(19-6-9-22-14-23-19)20(24-26)16-2-4-17(21)5-3-16/h2-6,9,13-15H,7-8,10-12H2,1H3. The van der Waals surface area contributed by atoms with Gasteiger partial charge in [0.2, 0.25) is 0 Å². The lowest BCUT2D eigenvalue weighted by Crippen LogP contribution is -2.32. The van der Waals surface area contributed by atoms with Gasteiger partial charge in [-0.15, -0.1) is 0 Å². The number of likely N-dealkylation sites (tertiary alicyclic amines) is 1. The summed E-state index contributed by atoms with van der Waals surface area (Å²) >= 11 is 6.05. The fraction of sp³-hybridized carbons (Fsp3) is 0.350. The summed E-state index contributed by atoms with van der Waals surface area (Å²) in [6.07, 6.45) is 7.90. The molecule has 134 valence electrons. The second-order valence-electron chi connectivity index (χ2n) is 6.96. The van der Waals surface area contributed by atoms with Crippen LogP contribution in [0.5, 0.6) is 0 Å². The van der Waals surface area contributed by atoms with Gasteiger partial charge in [-0.3, -0.25) is 4.68 Å². The van der Waals surface area contributed by atoms with Gasteiger partial charge in [0.25, 0.3) is 0 Å². The van der Waals surface area contributed by atoms with Crippen molar-refractivity contribution in [2.75, 3.05) is 20.1 Å². The number of nitrogens with zero attached hydrogens (tertiary/aromatic N) is 5. The van der Waals surface area contributed by atoms with Gasteiger partial charge in [-0.05, 0) is 57.1 Å². The Balaban J connectivity index is 1.67. The van der Waals surface area contributed by atoms with Gasteiger partial charge in [-0.1, -0.05) is 23.7 Å². The van der Waals surface area contributed by atoms with Crippen molar-refractivity contribution in [2.45, 2.75) is 19.4 Å². The third-order valence-electron chi connectivity index (χ3n) is 5.02. The predicted octanol–water partition coefficient (Wildman–Crippen LogP) is 4.00. The Bertz CT molecular complexity index is 852. The van der Waals surface area contributed by atoms with E-state index < -0.39 is 0 Å². The summed E-state index contributed by atoms with van der Waals surface area (Å²) in [5.74, 6) is 0.669. The van der Waals surface area contributed by atoms with Crippen molar-refractivity contribution in [1.29, 1.82) is 0 Å². The molecule has 3 aromatic rings. The highest BCUT2D eigenvalue weighted by Gasteiger charge is 2.20. The van der Waals surface area contributed by atoms with Crippen molar-refractivity contribution in [3.8, 4) is 22.5 Å². The molecule has 0 saturated carbocycles. The quantitative estimate of drug-likeness (QED) is 0.699. The first-order chi connectivity index (χ1) is 12.7. The first-order valence-corrected chi connectivity index (χ1v) is 9.35. The first-order valence-electron chi connectivity index (χ1n) is 8.97. The molecule has 4 rings (SSSR count). The Morgan fingerprint density at radius 3 is 2.58 bits per heavy atom. The molecule has 26 heavy (non-hydrogen) atoms. The van der Waals surface area contributed by atoms with E-state index in [1.54, 1.807) is 12.5 Å². The van der Waals surface area contributed by atoms with Crippen molar-refractivity contribution in [3.63, 3.8) is 0 Å². The van der Waals surface area contributed by atoms with E-state index >= 15 is 0 Å². The fourth-order valence-electron chi connectivity index (χ4n) is 3.48. The van der Waals surface area contributed by atoms with Crippen molar-refractivity contribution in [3.05, 3.63) is 54.1 Å². The van der Waals surface area contributed by atoms with E-state index in [1.165, 1.54) is 12.8 Å². The zero-order valence-corrected chi connectivity index (χ0v) is 15.6. The van der Waals surface area contributed by atoms with Crippen molar-refractivity contribution in [1.82, 2.24) is 24.6 Å². The van der Waals surface area contributed by atoms with E-state index in [4.69, 9.17) is 16.7 Å². The maximum Gasteiger partial charge on any atom is 0.116 e. The first kappa shape index (κ1) is 17.2. The van der Waals surface area contributed by atoms with Gasteiger partial charge in [0.1, 0.15) is 12.0 Å². The lowest BCUT2D eigenvalue weighted by atomic mass is 9.97. The predicted molar refractivity (Wildman–Crippen MR) is 104 cm³/mol. The number of hydrogen-bond acceptors (Lipinski definition) is 4. The zero-order valence-electron chi connectivity index (χ0n) is 14.8. The average Bonchev–Trinajstić information content (AvgIpc) is 3.09. The molecular formula is C20H22ClN5. The van der Waals surface area contributed by atoms with Gasteiger partial charge in [0.05, 0.1) is 5.69 Å². The summed E-state index contributed by atoms with van der Waals surface area (Å²) in [5.41, 5.74) is 3.90. The van der Waals surface area contributed by atoms with Crippen LogP contribution in [0.4, 0.5) is 0 Å². The molecule has 2 aromatic heterocycles. The molecule has 0 bridgehead atoms. The number of piperidine rings is 1. The lowest BCUT2D eigenvalue weighted by Gasteiger charge is -2.28. The smallest absolute Gasteiger partial charge is 0.116 e. The van der Waals surface area contributed by atoms with Crippen LogP contribution in [-0.2, 0) is 6.54 Å². The fourth-order valence-corrected chi connectivity index (χ4v) is 3.61. The van der Waals surface area contributed by atoms with E-state index in [0.717, 1.165) is 47.2 Å². The second kappa shape index (κ2) is 7.56. The third kappa shape index (κ3) is 3.79. The molecule has 0 aliphatic carbocycles. The van der Waals surface area contributed by atoms with Gasteiger partial charge >= 0.3 is 0 Å². The van der Waals surface area contributed by atoms with Crippen LogP contribution < -0.4 is 0 Å². The van der Waals surface area contributed by atoms with Crippen LogP contribution in [0.1, 0.15) is 12.8 Å². The number of halogens is 1. The lowest BCUT2D eigenvalue weighted by molar-refractivity contribution is 0.201. The SMILES string of the molecule is CN1CCC(Cn2cc(-c3ccncn3)c(-c3ccc(Cl)cc3)n2)CC1. The normalized spacial score (nSPS) is 16.1. The minimum Gasteiger partial charge on any atom is -0.306 e. The van der Waals surface area contributed by atoms with E-state index in [-0.39, 0.29) is 0 Å². The molecule has 1 aliphatic rings. The van der Waals surface area contributed by atoms with E-state index in [1.807, 2.05) is 30.3 Å². The number of rotatable bonds is 4. The van der Waals surface area contributed by atoms with Gasteiger partial charge in [-0.2, -0.15) is 5.10 Å². The Labute approximate surface area is 158 Å². The molecule has 5 nitrogen and oxygen atoms in total. The van der Waals surface area contributed by atoms with Crippen molar-refractivity contribution in [2.24, 2.45) is 5.92 Å². The average molecular weight is 368 g/mol. The molecule has 1 aliphatic heterocycles. The van der Waals surface area contributed by atoms with Crippen molar-refractivity contribution < 1.29 is 0 Å². The topological polar surface area (TPSA) is 46.8 Å². The Morgan fingerprint density at radius 2 is 1.88 bits per heavy atom. The van der Waals surface area contributed by atoms with Crippen molar-refractivity contribution >= 4 is 11.6 Å². The van der Waals surface area contributed by atoms with Crippen LogP contribution in [0.2, 0.25) is 5.02 Å². The van der Waals surface area contributed by atoms with Crippen LogP contribution in [0.15, 0.2) is 49.1 Å². The Hall–Kier alpha value is -2.24. The van der Waals surface area contributed by atoms with Crippen LogP contribution in [0, 0.1) is 5.92 Å². The molecule has 6 heteroatoms. The molecule has 1 saturated heterocycles. The molecule has 0 N–H and O–H groups in total. The zero-order chi connectivity index (χ0) is 17.9. The molecule has 0 unspecified atom stereocenters. The van der Waals surface area contributed by atoms with Crippen LogP contribution in [-0.4, -0.2) is 44.8 Å². The highest BCUT2D eigenvalue weighted by Crippen LogP contribution is 2.31. The summed E-state index contributed by atoms with van der Waals surface area (Å²) in [5, 5.41) is 5.62. The second-order valence-corrected chi connectivity index (χ2v) is 7.40. The molecule has 3 heterocycles. The molecule has 0 radical (unpaired) electrons. The highest BCUT2D eigenvalue weighted by atomic mass is 35.5. The largest absolute Gasteiger partial charge is 0.306 e. The van der Waals surface area contributed by atoms with E-state index in [2.05, 4.69) is 32.8 Å². The van der Waals surface area contributed by atoms with Crippen LogP contribution >= 0.6 is 11.6 Å². The third-order valence-corrected chi connectivity index (χ3v) is 5.27. The summed E-state index contributed by atoms with van der Waals surface area (Å²) < 4.78 is 2.08. The van der Waals surface area contributed by atoms with E-state index in [0.29, 0.717) is 5.92 Å². The summed E-state index contributed by atoms with van der Waals surface area (Å²) in [6, 6.07) is 9.74. The van der Waals surface area contributed by atoms with Gasteiger partial charge in [0, 0.05) is 35.1 Å². The number of hydrogen-bond donors (Lipinski definition) is 0. The van der Waals surface area contributed by atoms with Gasteiger partial charge < -0.3 is 4.90 Å². The number of aromatic nitrogens is 4. The monoisotopic (exact) mass is 367 g/mol. The summed E-state index contributed by atoms with van der Waals surface area (Å²) in [6.45, 7) is 3.27. The van der Waals surface area contributed by atoms with Gasteiger partial charge in [-0.25, -0.2) is 9.97 Å². The highest BCUT2D eigenvalue weighted by molar-refractivity contribution is 6.30.